The summed E-state index contributed by atoms with van der Waals surface area (Å²) in [6.07, 6.45) is 6.19. The summed E-state index contributed by atoms with van der Waals surface area (Å²) in [4.78, 5) is 11.8. The number of hydrogen-bond donors (Lipinski definition) is 1. The van der Waals surface area contributed by atoms with Gasteiger partial charge in [-0.15, -0.1) is 0 Å². The van der Waals surface area contributed by atoms with E-state index in [-0.39, 0.29) is 6.10 Å². The third kappa shape index (κ3) is 5.26. The van der Waals surface area contributed by atoms with Crippen LogP contribution < -0.4 is 0 Å². The van der Waals surface area contributed by atoms with Gasteiger partial charge in [-0.2, -0.15) is 0 Å². The number of aliphatic hydroxyl groups excluding tert-OH is 1. The zero-order valence-electron chi connectivity index (χ0n) is 16.1. The maximum Gasteiger partial charge on any atom is 0.122 e. The molecule has 3 heterocycles. The first kappa shape index (κ1) is 18.8. The normalized spacial score (nSPS) is 26.2. The van der Waals surface area contributed by atoms with Crippen LogP contribution in [0.15, 0.2) is 12.4 Å². The molecule has 0 aliphatic carbocycles. The van der Waals surface area contributed by atoms with Crippen molar-refractivity contribution in [1.82, 2.24) is 24.3 Å². The topological polar surface area (TPSA) is 47.8 Å². The second kappa shape index (κ2) is 8.62. The highest BCUT2D eigenvalue weighted by molar-refractivity contribution is 4.93. The molecular formula is C19H35N5O. The van der Waals surface area contributed by atoms with Gasteiger partial charge in [0.15, 0.2) is 0 Å². The van der Waals surface area contributed by atoms with E-state index in [4.69, 9.17) is 0 Å². The lowest BCUT2D eigenvalue weighted by Gasteiger charge is -2.41. The number of aryl methyl sites for hydroxylation is 1. The number of β-amino-alcohol motifs (C(OH)–C–C–N with tert-alkyl or cyclic N) is 1. The smallest absolute Gasteiger partial charge is 0.122 e. The van der Waals surface area contributed by atoms with E-state index < -0.39 is 0 Å². The Bertz CT molecular complexity index is 526. The predicted octanol–water partition coefficient (Wildman–Crippen LogP) is 1.02. The molecule has 2 saturated heterocycles. The van der Waals surface area contributed by atoms with Gasteiger partial charge in [0, 0.05) is 58.2 Å². The molecule has 142 valence electrons. The molecule has 2 atom stereocenters. The van der Waals surface area contributed by atoms with Crippen molar-refractivity contribution < 1.29 is 5.11 Å². The molecule has 0 amide bonds. The fourth-order valence-corrected chi connectivity index (χ4v) is 4.10. The number of hydrogen-bond acceptors (Lipinski definition) is 5. The maximum absolute atomic E-state index is 10.5. The molecule has 1 aromatic rings. The van der Waals surface area contributed by atoms with Crippen molar-refractivity contribution in [1.29, 1.82) is 0 Å². The van der Waals surface area contributed by atoms with Crippen LogP contribution in [0.5, 0.6) is 0 Å². The lowest BCUT2D eigenvalue weighted by Crippen LogP contribution is -2.54. The minimum Gasteiger partial charge on any atom is -0.390 e. The number of likely N-dealkylation sites (tertiary alicyclic amines) is 1. The summed E-state index contributed by atoms with van der Waals surface area (Å²) in [7, 11) is 2.06. The van der Waals surface area contributed by atoms with E-state index in [0.29, 0.717) is 6.04 Å². The van der Waals surface area contributed by atoms with Crippen molar-refractivity contribution in [3.63, 3.8) is 0 Å². The van der Waals surface area contributed by atoms with E-state index in [1.807, 2.05) is 12.4 Å². The van der Waals surface area contributed by atoms with Crippen molar-refractivity contribution in [2.24, 2.45) is 13.0 Å². The Morgan fingerprint density at radius 3 is 2.48 bits per heavy atom. The minimum atomic E-state index is -0.235. The van der Waals surface area contributed by atoms with Gasteiger partial charge >= 0.3 is 0 Å². The molecule has 3 rings (SSSR count). The van der Waals surface area contributed by atoms with Crippen molar-refractivity contribution in [2.45, 2.75) is 45.4 Å². The molecule has 2 aliphatic rings. The van der Waals surface area contributed by atoms with Crippen LogP contribution >= 0.6 is 0 Å². The monoisotopic (exact) mass is 349 g/mol. The Balaban J connectivity index is 1.41. The van der Waals surface area contributed by atoms with Crippen molar-refractivity contribution in [3.8, 4) is 0 Å². The van der Waals surface area contributed by atoms with Crippen LogP contribution in [0.2, 0.25) is 0 Å². The number of aromatic nitrogens is 2. The highest BCUT2D eigenvalue weighted by atomic mass is 16.3. The van der Waals surface area contributed by atoms with Gasteiger partial charge in [0.05, 0.1) is 12.6 Å². The first-order valence-electron chi connectivity index (χ1n) is 9.84. The molecule has 6 nitrogen and oxygen atoms in total. The predicted molar refractivity (Wildman–Crippen MR) is 100 cm³/mol. The van der Waals surface area contributed by atoms with E-state index in [0.717, 1.165) is 64.1 Å². The quantitative estimate of drug-likeness (QED) is 0.831. The first-order chi connectivity index (χ1) is 12.0. The molecule has 1 aromatic heterocycles. The van der Waals surface area contributed by atoms with Crippen molar-refractivity contribution >= 4 is 0 Å². The molecule has 25 heavy (non-hydrogen) atoms. The first-order valence-corrected chi connectivity index (χ1v) is 9.84. The van der Waals surface area contributed by atoms with Gasteiger partial charge in [0.2, 0.25) is 0 Å². The summed E-state index contributed by atoms with van der Waals surface area (Å²) < 4.78 is 2.10. The van der Waals surface area contributed by atoms with Gasteiger partial charge in [0.25, 0.3) is 0 Å². The van der Waals surface area contributed by atoms with Gasteiger partial charge < -0.3 is 14.6 Å². The molecule has 2 aliphatic heterocycles. The van der Waals surface area contributed by atoms with E-state index in [2.05, 4.69) is 45.1 Å². The maximum atomic E-state index is 10.5. The lowest BCUT2D eigenvalue weighted by atomic mass is 9.99. The fourth-order valence-electron chi connectivity index (χ4n) is 4.10. The summed E-state index contributed by atoms with van der Waals surface area (Å²) in [6, 6.07) is 0.494. The van der Waals surface area contributed by atoms with Crippen LogP contribution in [-0.4, -0.2) is 87.3 Å². The largest absolute Gasteiger partial charge is 0.390 e. The minimum absolute atomic E-state index is 0.235. The second-order valence-electron chi connectivity index (χ2n) is 8.17. The Morgan fingerprint density at radius 2 is 1.84 bits per heavy atom. The van der Waals surface area contributed by atoms with Crippen LogP contribution in [0, 0.1) is 5.92 Å². The molecule has 0 radical (unpaired) electrons. The van der Waals surface area contributed by atoms with Gasteiger partial charge in [0.1, 0.15) is 5.82 Å². The van der Waals surface area contributed by atoms with Crippen molar-refractivity contribution in [2.75, 3.05) is 45.8 Å². The average molecular weight is 350 g/mol. The second-order valence-corrected chi connectivity index (χ2v) is 8.17. The number of piperidine rings is 1. The molecule has 0 unspecified atom stereocenters. The van der Waals surface area contributed by atoms with Gasteiger partial charge in [-0.1, -0.05) is 6.92 Å². The Kier molecular flexibility index (Phi) is 6.49. The summed E-state index contributed by atoms with van der Waals surface area (Å²) >= 11 is 0. The van der Waals surface area contributed by atoms with Crippen LogP contribution in [0.3, 0.4) is 0 Å². The van der Waals surface area contributed by atoms with E-state index in [1.54, 1.807) is 0 Å². The third-order valence-corrected chi connectivity index (χ3v) is 5.93. The summed E-state index contributed by atoms with van der Waals surface area (Å²) in [5.74, 6) is 1.97. The number of aliphatic hydroxyl groups is 1. The van der Waals surface area contributed by atoms with Crippen LogP contribution in [0.1, 0.15) is 32.5 Å². The Labute approximate surface area is 152 Å². The highest BCUT2D eigenvalue weighted by Gasteiger charge is 2.26. The number of nitrogens with zero attached hydrogens (tertiary/aromatic N) is 5. The van der Waals surface area contributed by atoms with Gasteiger partial charge in [-0.05, 0) is 38.8 Å². The third-order valence-electron chi connectivity index (χ3n) is 5.93. The zero-order chi connectivity index (χ0) is 17.8. The lowest BCUT2D eigenvalue weighted by molar-refractivity contribution is 0.0234. The molecule has 0 bridgehead atoms. The fraction of sp³-hybridized carbons (Fsp3) is 0.842. The summed E-state index contributed by atoms with van der Waals surface area (Å²) in [5.41, 5.74) is 0. The summed E-state index contributed by atoms with van der Waals surface area (Å²) in [5, 5.41) is 10.5. The molecule has 0 aromatic carbocycles. The zero-order valence-corrected chi connectivity index (χ0v) is 16.1. The molecule has 2 fully saturated rings. The highest BCUT2D eigenvalue weighted by Crippen LogP contribution is 2.17. The van der Waals surface area contributed by atoms with E-state index in [1.165, 1.54) is 12.8 Å². The number of piperazine rings is 1. The Morgan fingerprint density at radius 1 is 1.12 bits per heavy atom. The molecule has 1 N–H and O–H groups in total. The molecular weight excluding hydrogens is 314 g/mol. The van der Waals surface area contributed by atoms with Crippen LogP contribution in [-0.2, 0) is 13.6 Å². The average Bonchev–Trinajstić information content (AvgIpc) is 2.97. The standard InChI is InChI=1S/C19H35N5O/c1-16-4-7-22(8-5-16)13-18(25)14-23-10-11-24(17(2)12-23)15-19-20-6-9-21(19)3/h6,9,16-18,25H,4-5,7-8,10-15H2,1-3H3/t17-,18-/m1/s1. The van der Waals surface area contributed by atoms with Gasteiger partial charge in [-0.25, -0.2) is 4.98 Å². The Hall–Kier alpha value is -0.950. The van der Waals surface area contributed by atoms with E-state index >= 15 is 0 Å². The SMILES string of the molecule is CC1CCN(C[C@@H](O)CN2CCN(Cc3nccn3C)[C@H](C)C2)CC1. The van der Waals surface area contributed by atoms with E-state index in [9.17, 15) is 5.11 Å². The van der Waals surface area contributed by atoms with Crippen molar-refractivity contribution in [3.05, 3.63) is 18.2 Å². The summed E-state index contributed by atoms with van der Waals surface area (Å²) in [6.45, 7) is 12.5. The molecule has 0 saturated carbocycles. The number of rotatable bonds is 6. The number of imidazole rings is 1. The molecule has 0 spiro atoms. The molecule has 6 heteroatoms. The van der Waals surface area contributed by atoms with Crippen LogP contribution in [0.25, 0.3) is 0 Å². The van der Waals surface area contributed by atoms with Crippen LogP contribution in [0.4, 0.5) is 0 Å². The van der Waals surface area contributed by atoms with Gasteiger partial charge in [-0.3, -0.25) is 9.80 Å².